The SMILES string of the molecule is CC(=O)OCC1O[C@@H](OC(C)=O)C(C)[C@@H](C)[C@H]1C. The molecule has 1 rings (SSSR count). The van der Waals surface area contributed by atoms with E-state index < -0.39 is 6.29 Å². The summed E-state index contributed by atoms with van der Waals surface area (Å²) in [4.78, 5) is 21.9. The Morgan fingerprint density at radius 3 is 2.11 bits per heavy atom. The molecule has 0 aromatic heterocycles. The van der Waals surface area contributed by atoms with Crippen LogP contribution >= 0.6 is 0 Å². The molecule has 104 valence electrons. The summed E-state index contributed by atoms with van der Waals surface area (Å²) < 4.78 is 15.9. The van der Waals surface area contributed by atoms with Crippen molar-refractivity contribution in [3.8, 4) is 0 Å². The normalized spacial score (nSPS) is 35.9. The number of rotatable bonds is 3. The average molecular weight is 258 g/mol. The van der Waals surface area contributed by atoms with E-state index in [9.17, 15) is 9.59 Å². The monoisotopic (exact) mass is 258 g/mol. The van der Waals surface area contributed by atoms with Gasteiger partial charge in [-0.15, -0.1) is 0 Å². The fourth-order valence-electron chi connectivity index (χ4n) is 2.17. The summed E-state index contributed by atoms with van der Waals surface area (Å²) in [6.45, 7) is 9.07. The molecule has 0 aromatic carbocycles. The van der Waals surface area contributed by atoms with Crippen molar-refractivity contribution in [1.82, 2.24) is 0 Å². The zero-order chi connectivity index (χ0) is 13.9. The van der Waals surface area contributed by atoms with Gasteiger partial charge >= 0.3 is 11.9 Å². The first kappa shape index (κ1) is 15.0. The summed E-state index contributed by atoms with van der Waals surface area (Å²) >= 11 is 0. The van der Waals surface area contributed by atoms with E-state index >= 15 is 0 Å². The highest BCUT2D eigenvalue weighted by molar-refractivity contribution is 5.66. The van der Waals surface area contributed by atoms with Crippen LogP contribution in [-0.4, -0.2) is 30.9 Å². The smallest absolute Gasteiger partial charge is 0.304 e. The minimum absolute atomic E-state index is 0.123. The van der Waals surface area contributed by atoms with Gasteiger partial charge in [-0.05, 0) is 11.8 Å². The molecule has 1 aliphatic heterocycles. The molecule has 5 heteroatoms. The highest BCUT2D eigenvalue weighted by Gasteiger charge is 2.41. The molecule has 5 nitrogen and oxygen atoms in total. The fourth-order valence-corrected chi connectivity index (χ4v) is 2.17. The predicted octanol–water partition coefficient (Wildman–Crippen LogP) is 1.75. The van der Waals surface area contributed by atoms with Crippen molar-refractivity contribution in [2.75, 3.05) is 6.61 Å². The highest BCUT2D eigenvalue weighted by Crippen LogP contribution is 2.35. The van der Waals surface area contributed by atoms with Gasteiger partial charge in [-0.3, -0.25) is 9.59 Å². The second-order valence-electron chi connectivity index (χ2n) is 5.03. The predicted molar refractivity (Wildman–Crippen MR) is 64.6 cm³/mol. The van der Waals surface area contributed by atoms with Crippen LogP contribution in [0.15, 0.2) is 0 Å². The molecule has 1 fully saturated rings. The van der Waals surface area contributed by atoms with Crippen LogP contribution in [0.5, 0.6) is 0 Å². The van der Waals surface area contributed by atoms with E-state index in [1.807, 2.05) is 6.92 Å². The van der Waals surface area contributed by atoms with Gasteiger partial charge < -0.3 is 14.2 Å². The molecule has 0 saturated carbocycles. The van der Waals surface area contributed by atoms with Gasteiger partial charge in [-0.25, -0.2) is 0 Å². The largest absolute Gasteiger partial charge is 0.463 e. The van der Waals surface area contributed by atoms with Crippen molar-refractivity contribution in [1.29, 1.82) is 0 Å². The Balaban J connectivity index is 2.67. The van der Waals surface area contributed by atoms with Crippen molar-refractivity contribution in [2.45, 2.75) is 47.0 Å². The molecule has 0 N–H and O–H groups in total. The Kier molecular flexibility index (Phi) is 5.14. The standard InChI is InChI=1S/C13H22O5/c1-7-8(2)12(6-16-10(4)14)18-13(9(7)3)17-11(5)15/h7-9,12-13H,6H2,1-5H3/t7-,8+,9?,12?,13+/m0/s1. The van der Waals surface area contributed by atoms with Crippen LogP contribution in [0.3, 0.4) is 0 Å². The van der Waals surface area contributed by atoms with Crippen LogP contribution in [0, 0.1) is 17.8 Å². The molecule has 0 spiro atoms. The molecule has 1 saturated heterocycles. The van der Waals surface area contributed by atoms with E-state index in [2.05, 4.69) is 13.8 Å². The summed E-state index contributed by atoms with van der Waals surface area (Å²) in [5.41, 5.74) is 0. The van der Waals surface area contributed by atoms with Crippen LogP contribution in [0.1, 0.15) is 34.6 Å². The molecule has 18 heavy (non-hydrogen) atoms. The lowest BCUT2D eigenvalue weighted by atomic mass is 9.79. The molecule has 0 radical (unpaired) electrons. The third-order valence-electron chi connectivity index (χ3n) is 3.72. The quantitative estimate of drug-likeness (QED) is 0.722. The summed E-state index contributed by atoms with van der Waals surface area (Å²) in [6, 6.07) is 0. The molecule has 1 heterocycles. The zero-order valence-electron chi connectivity index (χ0n) is 11.6. The molecule has 0 bridgehead atoms. The molecule has 0 aromatic rings. The second-order valence-corrected chi connectivity index (χ2v) is 5.03. The highest BCUT2D eigenvalue weighted by atomic mass is 16.7. The van der Waals surface area contributed by atoms with Crippen LogP contribution < -0.4 is 0 Å². The molecule has 5 atom stereocenters. The van der Waals surface area contributed by atoms with Crippen LogP contribution in [-0.2, 0) is 23.8 Å². The van der Waals surface area contributed by atoms with E-state index in [0.29, 0.717) is 5.92 Å². The minimum Gasteiger partial charge on any atom is -0.463 e. The molecular weight excluding hydrogens is 236 g/mol. The number of ether oxygens (including phenoxy) is 3. The van der Waals surface area contributed by atoms with Crippen LogP contribution in [0.25, 0.3) is 0 Å². The van der Waals surface area contributed by atoms with Crippen molar-refractivity contribution in [3.63, 3.8) is 0 Å². The van der Waals surface area contributed by atoms with E-state index in [-0.39, 0.29) is 36.5 Å². The summed E-state index contributed by atoms with van der Waals surface area (Å²) in [7, 11) is 0. The Morgan fingerprint density at radius 2 is 1.61 bits per heavy atom. The summed E-state index contributed by atoms with van der Waals surface area (Å²) in [5.74, 6) is -0.00625. The lowest BCUT2D eigenvalue weighted by molar-refractivity contribution is -0.248. The van der Waals surface area contributed by atoms with Gasteiger partial charge in [-0.2, -0.15) is 0 Å². The molecule has 0 amide bonds. The lowest BCUT2D eigenvalue weighted by Crippen LogP contribution is -2.48. The number of esters is 2. The van der Waals surface area contributed by atoms with Gasteiger partial charge in [0.2, 0.25) is 6.29 Å². The van der Waals surface area contributed by atoms with E-state index in [0.717, 1.165) is 0 Å². The van der Waals surface area contributed by atoms with Gasteiger partial charge in [0, 0.05) is 19.8 Å². The van der Waals surface area contributed by atoms with Crippen molar-refractivity contribution < 1.29 is 23.8 Å². The minimum atomic E-state index is -0.561. The van der Waals surface area contributed by atoms with Crippen LogP contribution in [0.2, 0.25) is 0 Å². The van der Waals surface area contributed by atoms with Gasteiger partial charge in [0.15, 0.2) is 0 Å². The molecule has 0 aliphatic carbocycles. The van der Waals surface area contributed by atoms with Crippen molar-refractivity contribution in [3.05, 3.63) is 0 Å². The molecule has 2 unspecified atom stereocenters. The maximum absolute atomic E-state index is 11.0. The van der Waals surface area contributed by atoms with Gasteiger partial charge in [0.1, 0.15) is 6.61 Å². The lowest BCUT2D eigenvalue weighted by Gasteiger charge is -2.42. The third-order valence-corrected chi connectivity index (χ3v) is 3.72. The van der Waals surface area contributed by atoms with Gasteiger partial charge in [0.05, 0.1) is 6.10 Å². The third kappa shape index (κ3) is 3.70. The fraction of sp³-hybridized carbons (Fsp3) is 0.846. The maximum Gasteiger partial charge on any atom is 0.304 e. The number of hydrogen-bond acceptors (Lipinski definition) is 5. The summed E-state index contributed by atoms with van der Waals surface area (Å²) in [5, 5.41) is 0. The first-order chi connectivity index (χ1) is 8.32. The maximum atomic E-state index is 11.0. The number of hydrogen-bond donors (Lipinski definition) is 0. The topological polar surface area (TPSA) is 61.8 Å². The van der Waals surface area contributed by atoms with Gasteiger partial charge in [0.25, 0.3) is 0 Å². The van der Waals surface area contributed by atoms with Crippen molar-refractivity contribution >= 4 is 11.9 Å². The van der Waals surface area contributed by atoms with E-state index in [4.69, 9.17) is 14.2 Å². The van der Waals surface area contributed by atoms with E-state index in [1.165, 1.54) is 13.8 Å². The first-order valence-corrected chi connectivity index (χ1v) is 6.29. The Hall–Kier alpha value is -1.10. The number of carbonyl (C=O) groups excluding carboxylic acids is 2. The average Bonchev–Trinajstić information content (AvgIpc) is 2.27. The Bertz CT molecular complexity index is 313. The first-order valence-electron chi connectivity index (χ1n) is 6.29. The number of carbonyl (C=O) groups is 2. The van der Waals surface area contributed by atoms with Crippen molar-refractivity contribution in [2.24, 2.45) is 17.8 Å². The van der Waals surface area contributed by atoms with Gasteiger partial charge in [-0.1, -0.05) is 20.8 Å². The molecular formula is C13H22O5. The summed E-state index contributed by atoms with van der Waals surface area (Å²) in [6.07, 6.45) is -0.793. The second kappa shape index (κ2) is 6.18. The Morgan fingerprint density at radius 1 is 1.00 bits per heavy atom. The molecule has 1 aliphatic rings. The Labute approximate surface area is 108 Å². The zero-order valence-corrected chi connectivity index (χ0v) is 11.6. The van der Waals surface area contributed by atoms with E-state index in [1.54, 1.807) is 0 Å². The van der Waals surface area contributed by atoms with Crippen LogP contribution in [0.4, 0.5) is 0 Å².